The van der Waals surface area contributed by atoms with E-state index in [-0.39, 0.29) is 22.4 Å². The van der Waals surface area contributed by atoms with Gasteiger partial charge >= 0.3 is 0 Å². The van der Waals surface area contributed by atoms with Crippen LogP contribution in [0.1, 0.15) is 11.6 Å². The van der Waals surface area contributed by atoms with Gasteiger partial charge in [0.15, 0.2) is 11.6 Å². The summed E-state index contributed by atoms with van der Waals surface area (Å²) in [6.07, 6.45) is -2.86. The summed E-state index contributed by atoms with van der Waals surface area (Å²) in [5.74, 6) is -1.81. The van der Waals surface area contributed by atoms with Crippen molar-refractivity contribution in [3.05, 3.63) is 28.0 Å². The second kappa shape index (κ2) is 5.58. The number of nitrogens with two attached hydrogens (primary N) is 1. The van der Waals surface area contributed by atoms with E-state index < -0.39 is 24.0 Å². The Morgan fingerprint density at radius 2 is 1.87 bits per heavy atom. The highest BCUT2D eigenvalue weighted by Gasteiger charge is 2.24. The maximum atomic E-state index is 12.8. The van der Waals surface area contributed by atoms with Gasteiger partial charge in [0.1, 0.15) is 0 Å². The zero-order valence-electron chi connectivity index (χ0n) is 7.25. The third-order valence-corrected chi connectivity index (χ3v) is 2.41. The highest BCUT2D eigenvalue weighted by molar-refractivity contribution is 9.10. The number of benzene rings is 1. The Balaban J connectivity index is 0.00000196. The van der Waals surface area contributed by atoms with Gasteiger partial charge in [-0.1, -0.05) is 15.9 Å². The van der Waals surface area contributed by atoms with Crippen molar-refractivity contribution in [3.63, 3.8) is 0 Å². The van der Waals surface area contributed by atoms with Gasteiger partial charge in [0.2, 0.25) is 0 Å². The van der Waals surface area contributed by atoms with E-state index in [0.29, 0.717) is 0 Å². The molecule has 0 saturated heterocycles. The predicted octanol–water partition coefficient (Wildman–Crippen LogP) is 2.98. The van der Waals surface area contributed by atoms with Crippen LogP contribution in [0.3, 0.4) is 0 Å². The van der Waals surface area contributed by atoms with E-state index in [2.05, 4.69) is 15.9 Å². The van der Waals surface area contributed by atoms with Gasteiger partial charge in [-0.2, -0.15) is 0 Å². The molecule has 0 aromatic heterocycles. The average molecular weight is 307 g/mol. The Kier molecular flexibility index (Phi) is 5.41. The number of alkyl halides is 2. The van der Waals surface area contributed by atoms with Crippen molar-refractivity contribution >= 4 is 28.3 Å². The lowest BCUT2D eigenvalue weighted by Gasteiger charge is -2.14. The van der Waals surface area contributed by atoms with E-state index in [1.165, 1.54) is 6.07 Å². The van der Waals surface area contributed by atoms with E-state index in [9.17, 15) is 18.3 Å². The molecule has 0 amide bonds. The molecule has 2 nitrogen and oxygen atoms in total. The molecule has 0 heterocycles. The fourth-order valence-electron chi connectivity index (χ4n) is 1.000. The van der Waals surface area contributed by atoms with E-state index in [4.69, 9.17) is 5.73 Å². The normalized spacial score (nSPS) is 12.4. The van der Waals surface area contributed by atoms with E-state index in [1.54, 1.807) is 0 Å². The van der Waals surface area contributed by atoms with Gasteiger partial charge in [-0.25, -0.2) is 13.2 Å². The summed E-state index contributed by atoms with van der Waals surface area (Å²) in [7, 11) is 0. The summed E-state index contributed by atoms with van der Waals surface area (Å²) in [6, 6.07) is 0.466. The molecule has 0 spiro atoms. The molecule has 0 fully saturated rings. The SMILES string of the molecule is Cl.N[C@H](c1c(Br)ccc(F)c1O)C(F)F. The van der Waals surface area contributed by atoms with Crippen LogP contribution in [0.4, 0.5) is 13.2 Å². The maximum Gasteiger partial charge on any atom is 0.257 e. The quantitative estimate of drug-likeness (QED) is 0.882. The lowest BCUT2D eigenvalue weighted by molar-refractivity contribution is 0.114. The van der Waals surface area contributed by atoms with Gasteiger partial charge in [0.05, 0.1) is 6.04 Å². The molecule has 0 aliphatic heterocycles. The average Bonchev–Trinajstić information content (AvgIpc) is 2.12. The molecule has 0 unspecified atom stereocenters. The van der Waals surface area contributed by atoms with Crippen LogP contribution in [0, 0.1) is 5.82 Å². The summed E-state index contributed by atoms with van der Waals surface area (Å²) >= 11 is 2.91. The molecular weight excluding hydrogens is 298 g/mol. The number of hydrogen-bond donors (Lipinski definition) is 2. The molecule has 0 bridgehead atoms. The molecule has 3 N–H and O–H groups in total. The third kappa shape index (κ3) is 2.99. The van der Waals surface area contributed by atoms with Gasteiger partial charge in [-0.3, -0.25) is 0 Å². The molecule has 0 aliphatic rings. The standard InChI is InChI=1S/C8H7BrF3NO.ClH/c9-3-1-2-4(10)7(14)5(3)6(13)8(11)12;/h1-2,6,8,14H,13H2;1H/t6-;/m1./s1. The minimum Gasteiger partial charge on any atom is -0.505 e. The van der Waals surface area contributed by atoms with Crippen LogP contribution in [-0.4, -0.2) is 11.5 Å². The van der Waals surface area contributed by atoms with E-state index >= 15 is 0 Å². The Bertz CT molecular complexity index is 351. The first kappa shape index (κ1) is 14.5. The van der Waals surface area contributed by atoms with Gasteiger partial charge < -0.3 is 10.8 Å². The van der Waals surface area contributed by atoms with Crippen LogP contribution in [0.5, 0.6) is 5.75 Å². The highest BCUT2D eigenvalue weighted by atomic mass is 79.9. The fraction of sp³-hybridized carbons (Fsp3) is 0.250. The summed E-state index contributed by atoms with van der Waals surface area (Å²) in [6.45, 7) is 0. The fourth-order valence-corrected chi connectivity index (χ4v) is 1.58. The summed E-state index contributed by atoms with van der Waals surface area (Å²) < 4.78 is 37.4. The lowest BCUT2D eigenvalue weighted by atomic mass is 10.1. The van der Waals surface area contributed by atoms with Gasteiger partial charge in [0.25, 0.3) is 6.43 Å². The number of hydrogen-bond acceptors (Lipinski definition) is 2. The molecule has 7 heteroatoms. The van der Waals surface area contributed by atoms with Crippen molar-refractivity contribution in [3.8, 4) is 5.75 Å². The summed E-state index contributed by atoms with van der Waals surface area (Å²) in [4.78, 5) is 0. The van der Waals surface area contributed by atoms with Crippen molar-refractivity contribution in [2.24, 2.45) is 5.73 Å². The first-order valence-corrected chi connectivity index (χ1v) is 4.45. The van der Waals surface area contributed by atoms with E-state index in [0.717, 1.165) is 6.07 Å². The van der Waals surface area contributed by atoms with Crippen LogP contribution >= 0.6 is 28.3 Å². The smallest absolute Gasteiger partial charge is 0.257 e. The highest BCUT2D eigenvalue weighted by Crippen LogP contribution is 2.35. The first-order valence-electron chi connectivity index (χ1n) is 3.65. The maximum absolute atomic E-state index is 12.8. The Morgan fingerprint density at radius 3 is 2.33 bits per heavy atom. The molecule has 1 rings (SSSR count). The predicted molar refractivity (Wildman–Crippen MR) is 55.9 cm³/mol. The van der Waals surface area contributed by atoms with Crippen LogP contribution in [0.15, 0.2) is 16.6 Å². The molecule has 1 aromatic rings. The Labute approximate surface area is 98.8 Å². The van der Waals surface area contributed by atoms with Crippen LogP contribution < -0.4 is 5.73 Å². The zero-order chi connectivity index (χ0) is 10.9. The molecule has 1 aromatic carbocycles. The third-order valence-electron chi connectivity index (χ3n) is 1.72. The number of phenols is 1. The second-order valence-electron chi connectivity index (χ2n) is 2.65. The molecule has 1 atom stereocenters. The summed E-state index contributed by atoms with van der Waals surface area (Å²) in [5.41, 5.74) is 4.78. The van der Waals surface area contributed by atoms with Gasteiger partial charge in [-0.15, -0.1) is 12.4 Å². The molecule has 0 aliphatic carbocycles. The minimum atomic E-state index is -2.86. The number of aromatic hydroxyl groups is 1. The lowest BCUT2D eigenvalue weighted by Crippen LogP contribution is -2.19. The van der Waals surface area contributed by atoms with Crippen molar-refractivity contribution in [2.45, 2.75) is 12.5 Å². The summed E-state index contributed by atoms with van der Waals surface area (Å²) in [5, 5.41) is 9.18. The van der Waals surface area contributed by atoms with Crippen molar-refractivity contribution < 1.29 is 18.3 Å². The van der Waals surface area contributed by atoms with Crippen molar-refractivity contribution in [1.29, 1.82) is 0 Å². The van der Waals surface area contributed by atoms with Crippen LogP contribution in [0.25, 0.3) is 0 Å². The number of halogens is 5. The molecule has 15 heavy (non-hydrogen) atoms. The van der Waals surface area contributed by atoms with Crippen LogP contribution in [-0.2, 0) is 0 Å². The monoisotopic (exact) mass is 305 g/mol. The Morgan fingerprint density at radius 1 is 1.33 bits per heavy atom. The van der Waals surface area contributed by atoms with Gasteiger partial charge in [-0.05, 0) is 12.1 Å². The second-order valence-corrected chi connectivity index (χ2v) is 3.51. The van der Waals surface area contributed by atoms with Gasteiger partial charge in [0, 0.05) is 10.0 Å². The van der Waals surface area contributed by atoms with Crippen molar-refractivity contribution in [2.75, 3.05) is 0 Å². The molecule has 86 valence electrons. The number of rotatable bonds is 2. The first-order chi connectivity index (χ1) is 6.45. The molecular formula is C8H8BrClF3NO. The topological polar surface area (TPSA) is 46.2 Å². The largest absolute Gasteiger partial charge is 0.505 e. The van der Waals surface area contributed by atoms with E-state index in [1.807, 2.05) is 0 Å². The van der Waals surface area contributed by atoms with Crippen LogP contribution in [0.2, 0.25) is 0 Å². The zero-order valence-corrected chi connectivity index (χ0v) is 9.66. The number of phenolic OH excluding ortho intramolecular Hbond substituents is 1. The minimum absolute atomic E-state index is 0. The van der Waals surface area contributed by atoms with Crippen molar-refractivity contribution in [1.82, 2.24) is 0 Å². The molecule has 0 radical (unpaired) electrons. The molecule has 0 saturated carbocycles. The Hall–Kier alpha value is -0.460.